The third-order valence-electron chi connectivity index (χ3n) is 3.09. The van der Waals surface area contributed by atoms with E-state index in [0.29, 0.717) is 0 Å². The lowest BCUT2D eigenvalue weighted by Crippen LogP contribution is -1.96. The molecule has 0 amide bonds. The van der Waals surface area contributed by atoms with Gasteiger partial charge in [0.15, 0.2) is 0 Å². The number of rotatable bonds is 5. The molecule has 0 heteroatoms. The van der Waals surface area contributed by atoms with Crippen molar-refractivity contribution in [2.24, 2.45) is 0 Å². The van der Waals surface area contributed by atoms with Crippen LogP contribution in [0.3, 0.4) is 0 Å². The maximum Gasteiger partial charge on any atom is -0.00230 e. The fourth-order valence-electron chi connectivity index (χ4n) is 2.06. The molecule has 1 aromatic carbocycles. The summed E-state index contributed by atoms with van der Waals surface area (Å²) in [5, 5.41) is 0. The molecule has 0 bridgehead atoms. The second-order valence-corrected chi connectivity index (χ2v) is 4.51. The molecule has 0 unspecified atom stereocenters. The normalized spacial score (nSPS) is 12.4. The number of allylic oxidation sites excluding steroid dienone is 6. The van der Waals surface area contributed by atoms with Crippen LogP contribution in [-0.2, 0) is 6.42 Å². The maximum absolute atomic E-state index is 4.20. The van der Waals surface area contributed by atoms with E-state index in [-0.39, 0.29) is 0 Å². The van der Waals surface area contributed by atoms with Crippen LogP contribution in [-0.4, -0.2) is 0 Å². The Bertz CT molecular complexity index is 499. The minimum Gasteiger partial charge on any atom is -0.0985 e. The van der Waals surface area contributed by atoms with E-state index in [9.17, 15) is 0 Å². The third-order valence-corrected chi connectivity index (χ3v) is 3.09. The smallest absolute Gasteiger partial charge is 0.00230 e. The lowest BCUT2D eigenvalue weighted by Gasteiger charge is -2.11. The molecular formula is C18H22. The van der Waals surface area contributed by atoms with E-state index in [1.807, 2.05) is 19.1 Å². The predicted octanol–water partition coefficient (Wildman–Crippen LogP) is 5.17. The van der Waals surface area contributed by atoms with Gasteiger partial charge in [-0.15, -0.1) is 0 Å². The molecule has 0 heterocycles. The SMILES string of the molecule is C=C/C(C(=C)Cc1ccccc1C)=C(C)\C=C/C. The van der Waals surface area contributed by atoms with Crippen molar-refractivity contribution in [2.45, 2.75) is 27.2 Å². The van der Waals surface area contributed by atoms with Crippen molar-refractivity contribution in [2.75, 3.05) is 0 Å². The second-order valence-electron chi connectivity index (χ2n) is 4.51. The third kappa shape index (κ3) is 3.59. The summed E-state index contributed by atoms with van der Waals surface area (Å²) in [6.07, 6.45) is 6.92. The Morgan fingerprint density at radius 2 is 1.94 bits per heavy atom. The van der Waals surface area contributed by atoms with Gasteiger partial charge in [0.1, 0.15) is 0 Å². The van der Waals surface area contributed by atoms with Crippen molar-refractivity contribution in [3.8, 4) is 0 Å². The van der Waals surface area contributed by atoms with Gasteiger partial charge in [0, 0.05) is 0 Å². The van der Waals surface area contributed by atoms with Gasteiger partial charge in [-0.05, 0) is 55.0 Å². The van der Waals surface area contributed by atoms with Gasteiger partial charge in [-0.3, -0.25) is 0 Å². The monoisotopic (exact) mass is 238 g/mol. The van der Waals surface area contributed by atoms with Crippen LogP contribution in [0.2, 0.25) is 0 Å². The van der Waals surface area contributed by atoms with Gasteiger partial charge in [0.05, 0.1) is 0 Å². The van der Waals surface area contributed by atoms with Gasteiger partial charge >= 0.3 is 0 Å². The quantitative estimate of drug-likeness (QED) is 0.621. The molecule has 0 aliphatic carbocycles. The summed E-state index contributed by atoms with van der Waals surface area (Å²) in [5.41, 5.74) is 6.12. The van der Waals surface area contributed by atoms with Crippen LogP contribution in [0.1, 0.15) is 25.0 Å². The van der Waals surface area contributed by atoms with Crippen molar-refractivity contribution in [3.05, 3.63) is 83.5 Å². The molecule has 0 saturated heterocycles. The van der Waals surface area contributed by atoms with Crippen LogP contribution >= 0.6 is 0 Å². The average Bonchev–Trinajstić information content (AvgIpc) is 2.33. The van der Waals surface area contributed by atoms with Gasteiger partial charge in [0.2, 0.25) is 0 Å². The molecule has 18 heavy (non-hydrogen) atoms. The van der Waals surface area contributed by atoms with Crippen LogP contribution in [0.4, 0.5) is 0 Å². The van der Waals surface area contributed by atoms with Gasteiger partial charge < -0.3 is 0 Å². The van der Waals surface area contributed by atoms with E-state index in [2.05, 4.69) is 57.3 Å². The van der Waals surface area contributed by atoms with E-state index >= 15 is 0 Å². The summed E-state index contributed by atoms with van der Waals surface area (Å²) in [4.78, 5) is 0. The number of aryl methyl sites for hydroxylation is 1. The Morgan fingerprint density at radius 1 is 1.28 bits per heavy atom. The number of hydrogen-bond donors (Lipinski definition) is 0. The van der Waals surface area contributed by atoms with Gasteiger partial charge in [-0.2, -0.15) is 0 Å². The number of hydrogen-bond acceptors (Lipinski definition) is 0. The molecule has 0 aromatic heterocycles. The predicted molar refractivity (Wildman–Crippen MR) is 81.7 cm³/mol. The molecule has 0 spiro atoms. The Labute approximate surface area is 111 Å². The van der Waals surface area contributed by atoms with Crippen molar-refractivity contribution in [1.82, 2.24) is 0 Å². The van der Waals surface area contributed by atoms with Crippen LogP contribution in [0.25, 0.3) is 0 Å². The zero-order chi connectivity index (χ0) is 13.5. The summed E-state index contributed by atoms with van der Waals surface area (Å²) < 4.78 is 0. The van der Waals surface area contributed by atoms with Crippen LogP contribution in [0.5, 0.6) is 0 Å². The highest BCUT2D eigenvalue weighted by molar-refractivity contribution is 5.47. The van der Waals surface area contributed by atoms with E-state index in [0.717, 1.165) is 17.6 Å². The van der Waals surface area contributed by atoms with Gasteiger partial charge in [-0.25, -0.2) is 0 Å². The largest absolute Gasteiger partial charge is 0.0985 e. The van der Waals surface area contributed by atoms with E-state index in [4.69, 9.17) is 0 Å². The Kier molecular flexibility index (Phi) is 5.38. The van der Waals surface area contributed by atoms with Crippen LogP contribution in [0.15, 0.2) is 72.4 Å². The molecule has 0 N–H and O–H groups in total. The first-order chi connectivity index (χ1) is 8.60. The molecule has 0 atom stereocenters. The molecule has 0 aliphatic rings. The summed E-state index contributed by atoms with van der Waals surface area (Å²) in [7, 11) is 0. The first-order valence-corrected chi connectivity index (χ1v) is 6.28. The Hall–Kier alpha value is -1.82. The molecule has 0 nitrogen and oxygen atoms in total. The van der Waals surface area contributed by atoms with Gasteiger partial charge in [0.25, 0.3) is 0 Å². The topological polar surface area (TPSA) is 0 Å². The fourth-order valence-corrected chi connectivity index (χ4v) is 2.06. The van der Waals surface area contributed by atoms with E-state index in [1.165, 1.54) is 16.7 Å². The molecule has 1 aromatic rings. The number of benzene rings is 1. The lowest BCUT2D eigenvalue weighted by atomic mass is 9.94. The van der Waals surface area contributed by atoms with E-state index in [1.54, 1.807) is 0 Å². The first kappa shape index (κ1) is 14.2. The van der Waals surface area contributed by atoms with Crippen molar-refractivity contribution in [1.29, 1.82) is 0 Å². The maximum atomic E-state index is 4.20. The molecule has 0 aliphatic heterocycles. The zero-order valence-electron chi connectivity index (χ0n) is 11.7. The van der Waals surface area contributed by atoms with Crippen molar-refractivity contribution >= 4 is 0 Å². The summed E-state index contributed by atoms with van der Waals surface area (Å²) >= 11 is 0. The Balaban J connectivity index is 2.98. The fraction of sp³-hybridized carbons (Fsp3) is 0.222. The summed E-state index contributed by atoms with van der Waals surface area (Å²) in [6.45, 7) is 14.4. The van der Waals surface area contributed by atoms with Crippen molar-refractivity contribution in [3.63, 3.8) is 0 Å². The minimum atomic E-state index is 0.878. The highest BCUT2D eigenvalue weighted by Gasteiger charge is 2.05. The molecule has 0 saturated carbocycles. The molecule has 0 radical (unpaired) electrons. The van der Waals surface area contributed by atoms with Crippen molar-refractivity contribution < 1.29 is 0 Å². The Morgan fingerprint density at radius 3 is 2.50 bits per heavy atom. The molecular weight excluding hydrogens is 216 g/mol. The molecule has 1 rings (SSSR count). The highest BCUT2D eigenvalue weighted by atomic mass is 14.1. The summed E-state index contributed by atoms with van der Waals surface area (Å²) in [6, 6.07) is 8.44. The first-order valence-electron chi connectivity index (χ1n) is 6.28. The highest BCUT2D eigenvalue weighted by Crippen LogP contribution is 2.21. The van der Waals surface area contributed by atoms with E-state index < -0.39 is 0 Å². The van der Waals surface area contributed by atoms with Crippen LogP contribution < -0.4 is 0 Å². The molecule has 94 valence electrons. The standard InChI is InChI=1S/C18H22/c1-6-10-15(4)18(7-2)16(5)13-17-12-9-8-11-14(17)3/h6-12H,2,5,13H2,1,3-4H3/b10-6-,18-15+. The van der Waals surface area contributed by atoms with Crippen LogP contribution in [0, 0.1) is 6.92 Å². The van der Waals surface area contributed by atoms with Gasteiger partial charge in [-0.1, -0.05) is 55.7 Å². The average molecular weight is 238 g/mol. The lowest BCUT2D eigenvalue weighted by molar-refractivity contribution is 1.14. The second kappa shape index (κ2) is 6.80. The summed E-state index contributed by atoms with van der Waals surface area (Å²) in [5.74, 6) is 0. The molecule has 0 fully saturated rings. The zero-order valence-corrected chi connectivity index (χ0v) is 11.7. The minimum absolute atomic E-state index is 0.878.